The molecule has 0 spiro atoms. The fraction of sp³-hybridized carbons (Fsp3) is 0.143. The van der Waals surface area contributed by atoms with Crippen LogP contribution in [0.15, 0.2) is 67.0 Å². The van der Waals surface area contributed by atoms with Crippen LogP contribution < -0.4 is 10.1 Å². The van der Waals surface area contributed by atoms with E-state index in [4.69, 9.17) is 9.47 Å². The largest absolute Gasteiger partial charge is 0.497 e. The number of benzene rings is 2. The predicted molar refractivity (Wildman–Crippen MR) is 103 cm³/mol. The van der Waals surface area contributed by atoms with E-state index in [-0.39, 0.29) is 5.69 Å². The van der Waals surface area contributed by atoms with Crippen molar-refractivity contribution in [3.8, 4) is 5.75 Å². The van der Waals surface area contributed by atoms with Crippen LogP contribution in [0, 0.1) is 6.92 Å². The van der Waals surface area contributed by atoms with Gasteiger partial charge in [-0.3, -0.25) is 9.78 Å². The van der Waals surface area contributed by atoms with Crippen molar-refractivity contribution in [2.24, 2.45) is 0 Å². The highest BCUT2D eigenvalue weighted by Crippen LogP contribution is 2.23. The van der Waals surface area contributed by atoms with Crippen molar-refractivity contribution >= 4 is 17.6 Å². The number of nitrogens with zero attached hydrogens (tertiary/aromatic N) is 2. The zero-order valence-corrected chi connectivity index (χ0v) is 15.5. The first-order valence-electron chi connectivity index (χ1n) is 8.56. The van der Waals surface area contributed by atoms with Gasteiger partial charge in [0, 0.05) is 23.5 Å². The van der Waals surface area contributed by atoms with Gasteiger partial charge in [0.25, 0.3) is 5.91 Å². The van der Waals surface area contributed by atoms with E-state index < -0.39 is 18.0 Å². The lowest BCUT2D eigenvalue weighted by Crippen LogP contribution is -2.26. The molecule has 0 radical (unpaired) electrons. The van der Waals surface area contributed by atoms with Gasteiger partial charge in [-0.25, -0.2) is 9.78 Å². The van der Waals surface area contributed by atoms with Gasteiger partial charge in [0.05, 0.1) is 19.0 Å². The van der Waals surface area contributed by atoms with E-state index >= 15 is 0 Å². The van der Waals surface area contributed by atoms with Crippen LogP contribution in [0.3, 0.4) is 0 Å². The highest BCUT2D eigenvalue weighted by molar-refractivity contribution is 5.97. The Balaban J connectivity index is 1.83. The number of amides is 1. The summed E-state index contributed by atoms with van der Waals surface area (Å²) < 4.78 is 10.6. The standard InChI is InChI=1S/C21H19N3O4/c1-14-12-23-18(13-22-14)21(26)28-19(15-7-4-3-5-8-15)20(25)24-16-9-6-10-17(11-16)27-2/h3-13,19H,1-2H3,(H,24,25). The quantitative estimate of drug-likeness (QED) is 0.663. The summed E-state index contributed by atoms with van der Waals surface area (Å²) in [6, 6.07) is 15.7. The Hall–Kier alpha value is -3.74. The Bertz CT molecular complexity index is 959. The van der Waals surface area contributed by atoms with Crippen molar-refractivity contribution in [3.63, 3.8) is 0 Å². The molecule has 1 aromatic heterocycles. The molecule has 0 aliphatic heterocycles. The Kier molecular flexibility index (Phi) is 5.96. The first-order valence-corrected chi connectivity index (χ1v) is 8.56. The Morgan fingerprint density at radius 1 is 1.00 bits per heavy atom. The van der Waals surface area contributed by atoms with Crippen molar-refractivity contribution in [2.45, 2.75) is 13.0 Å². The molecule has 2 aromatic carbocycles. The molecule has 1 N–H and O–H groups in total. The maximum atomic E-state index is 12.9. The summed E-state index contributed by atoms with van der Waals surface area (Å²) in [6.07, 6.45) is 1.63. The molecule has 0 fully saturated rings. The predicted octanol–water partition coefficient (Wildman–Crippen LogP) is 3.33. The van der Waals surface area contributed by atoms with Crippen LogP contribution in [-0.4, -0.2) is 29.0 Å². The van der Waals surface area contributed by atoms with E-state index in [0.29, 0.717) is 22.7 Å². The molecule has 3 rings (SSSR count). The summed E-state index contributed by atoms with van der Waals surface area (Å²) in [5.41, 5.74) is 1.76. The molecule has 3 aromatic rings. The molecular formula is C21H19N3O4. The molecule has 1 amide bonds. The second-order valence-electron chi connectivity index (χ2n) is 5.96. The number of nitrogens with one attached hydrogen (secondary N) is 1. The van der Waals surface area contributed by atoms with Crippen molar-refractivity contribution in [1.29, 1.82) is 0 Å². The van der Waals surface area contributed by atoms with E-state index in [2.05, 4.69) is 15.3 Å². The van der Waals surface area contributed by atoms with Gasteiger partial charge in [-0.2, -0.15) is 0 Å². The number of ether oxygens (including phenoxy) is 2. The summed E-state index contributed by atoms with van der Waals surface area (Å²) in [7, 11) is 1.54. The third kappa shape index (κ3) is 4.70. The zero-order valence-electron chi connectivity index (χ0n) is 15.5. The molecular weight excluding hydrogens is 358 g/mol. The summed E-state index contributed by atoms with van der Waals surface area (Å²) in [5.74, 6) is -0.629. The lowest BCUT2D eigenvalue weighted by atomic mass is 10.1. The minimum Gasteiger partial charge on any atom is -0.497 e. The van der Waals surface area contributed by atoms with Gasteiger partial charge in [0.15, 0.2) is 5.69 Å². The number of hydrogen-bond acceptors (Lipinski definition) is 6. The van der Waals surface area contributed by atoms with Crippen LogP contribution >= 0.6 is 0 Å². The van der Waals surface area contributed by atoms with E-state index in [1.807, 2.05) is 6.07 Å². The summed E-state index contributed by atoms with van der Waals surface area (Å²) in [6.45, 7) is 1.76. The number of anilines is 1. The molecule has 0 aliphatic carbocycles. The second-order valence-corrected chi connectivity index (χ2v) is 5.96. The molecule has 1 heterocycles. The zero-order chi connectivity index (χ0) is 19.9. The van der Waals surface area contributed by atoms with Crippen molar-refractivity contribution in [2.75, 3.05) is 12.4 Å². The second kappa shape index (κ2) is 8.77. The van der Waals surface area contributed by atoms with E-state index in [1.165, 1.54) is 19.5 Å². The molecule has 28 heavy (non-hydrogen) atoms. The maximum Gasteiger partial charge on any atom is 0.359 e. The first kappa shape index (κ1) is 19.0. The van der Waals surface area contributed by atoms with E-state index in [9.17, 15) is 9.59 Å². The third-order valence-corrected chi connectivity index (χ3v) is 3.89. The fourth-order valence-corrected chi connectivity index (χ4v) is 2.47. The summed E-state index contributed by atoms with van der Waals surface area (Å²) in [5, 5.41) is 2.75. The van der Waals surface area contributed by atoms with Crippen molar-refractivity contribution < 1.29 is 19.1 Å². The highest BCUT2D eigenvalue weighted by atomic mass is 16.5. The molecule has 0 saturated heterocycles. The average Bonchev–Trinajstić information content (AvgIpc) is 2.73. The minimum atomic E-state index is -1.15. The first-order chi connectivity index (χ1) is 13.6. The van der Waals surface area contributed by atoms with Gasteiger partial charge < -0.3 is 14.8 Å². The lowest BCUT2D eigenvalue weighted by molar-refractivity contribution is -0.125. The van der Waals surface area contributed by atoms with Crippen LogP contribution in [0.25, 0.3) is 0 Å². The van der Waals surface area contributed by atoms with Crippen LogP contribution in [-0.2, 0) is 9.53 Å². The van der Waals surface area contributed by atoms with Crippen molar-refractivity contribution in [3.05, 3.63) is 83.9 Å². The summed E-state index contributed by atoms with van der Waals surface area (Å²) >= 11 is 0. The highest BCUT2D eigenvalue weighted by Gasteiger charge is 2.26. The number of methoxy groups -OCH3 is 1. The molecule has 0 bridgehead atoms. The monoisotopic (exact) mass is 377 g/mol. The SMILES string of the molecule is COc1cccc(NC(=O)C(OC(=O)c2cnc(C)cn2)c2ccccc2)c1. The number of esters is 1. The van der Waals surface area contributed by atoms with Gasteiger partial charge >= 0.3 is 5.97 Å². The Morgan fingerprint density at radius 2 is 1.79 bits per heavy atom. The van der Waals surface area contributed by atoms with Crippen LogP contribution in [0.5, 0.6) is 5.75 Å². The number of aryl methyl sites for hydroxylation is 1. The Labute approximate surface area is 162 Å². The van der Waals surface area contributed by atoms with Crippen LogP contribution in [0.2, 0.25) is 0 Å². The van der Waals surface area contributed by atoms with Crippen LogP contribution in [0.4, 0.5) is 5.69 Å². The number of hydrogen-bond donors (Lipinski definition) is 1. The van der Waals surface area contributed by atoms with Crippen LogP contribution in [0.1, 0.15) is 27.8 Å². The van der Waals surface area contributed by atoms with E-state index in [0.717, 1.165) is 0 Å². The van der Waals surface area contributed by atoms with E-state index in [1.54, 1.807) is 55.5 Å². The molecule has 1 atom stereocenters. The number of carbonyl (C=O) groups excluding carboxylic acids is 2. The number of aromatic nitrogens is 2. The Morgan fingerprint density at radius 3 is 2.46 bits per heavy atom. The third-order valence-electron chi connectivity index (χ3n) is 3.89. The average molecular weight is 377 g/mol. The topological polar surface area (TPSA) is 90.4 Å². The van der Waals surface area contributed by atoms with Gasteiger partial charge in [-0.1, -0.05) is 36.4 Å². The number of carbonyl (C=O) groups is 2. The number of rotatable bonds is 6. The molecule has 142 valence electrons. The maximum absolute atomic E-state index is 12.9. The molecule has 0 saturated carbocycles. The van der Waals surface area contributed by atoms with Gasteiger partial charge in [0.2, 0.25) is 6.10 Å². The van der Waals surface area contributed by atoms with Gasteiger partial charge in [0.1, 0.15) is 5.75 Å². The lowest BCUT2D eigenvalue weighted by Gasteiger charge is -2.18. The molecule has 7 heteroatoms. The van der Waals surface area contributed by atoms with Gasteiger partial charge in [-0.05, 0) is 19.1 Å². The minimum absolute atomic E-state index is 0.0284. The fourth-order valence-electron chi connectivity index (χ4n) is 2.47. The van der Waals surface area contributed by atoms with Crippen molar-refractivity contribution in [1.82, 2.24) is 9.97 Å². The molecule has 1 unspecified atom stereocenters. The molecule has 7 nitrogen and oxygen atoms in total. The smallest absolute Gasteiger partial charge is 0.359 e. The summed E-state index contributed by atoms with van der Waals surface area (Å²) in [4.78, 5) is 33.4. The molecule has 0 aliphatic rings. The normalized spacial score (nSPS) is 11.4. The van der Waals surface area contributed by atoms with Gasteiger partial charge in [-0.15, -0.1) is 0 Å².